The minimum Gasteiger partial charge on any atom is -0.464 e. The molecule has 0 aromatic carbocycles. The van der Waals surface area contributed by atoms with E-state index in [4.69, 9.17) is 14.5 Å². The van der Waals surface area contributed by atoms with Crippen molar-refractivity contribution < 1.29 is 14.3 Å². The Morgan fingerprint density at radius 3 is 2.69 bits per heavy atom. The summed E-state index contributed by atoms with van der Waals surface area (Å²) in [4.78, 5) is 16.6. The molecule has 0 spiro atoms. The van der Waals surface area contributed by atoms with Crippen LogP contribution in [0.5, 0.6) is 0 Å². The number of rotatable bonds is 4. The van der Waals surface area contributed by atoms with E-state index in [9.17, 15) is 4.79 Å². The van der Waals surface area contributed by atoms with E-state index in [2.05, 4.69) is 20.1 Å². The van der Waals surface area contributed by atoms with Crippen LogP contribution in [0, 0.1) is 28.6 Å². The smallest absolute Gasteiger partial charge is 0.332 e. The molecule has 4 nitrogen and oxygen atoms in total. The molecule has 3 unspecified atom stereocenters. The maximum atomic E-state index is 11.7. The van der Waals surface area contributed by atoms with Gasteiger partial charge >= 0.3 is 5.97 Å². The van der Waals surface area contributed by atoms with E-state index in [1.54, 1.807) is 0 Å². The van der Waals surface area contributed by atoms with Crippen molar-refractivity contribution in [2.24, 2.45) is 33.6 Å². The Labute approximate surface area is 158 Å². The fraction of sp³-hybridized carbons (Fsp3) is 0.909. The number of ether oxygens (including phenoxy) is 2. The van der Waals surface area contributed by atoms with Gasteiger partial charge in [-0.1, -0.05) is 13.8 Å². The molecule has 3 aliphatic carbocycles. The summed E-state index contributed by atoms with van der Waals surface area (Å²) in [6, 6.07) is 0.555. The molecule has 4 rings (SSSR count). The fourth-order valence-electron chi connectivity index (χ4n) is 7.21. The Bertz CT molecular complexity index is 576. The third kappa shape index (κ3) is 2.83. The third-order valence-corrected chi connectivity index (χ3v) is 8.54. The molecular weight excluding hydrogens is 326 g/mol. The number of hydrogen-bond acceptors (Lipinski definition) is 4. The fourth-order valence-corrected chi connectivity index (χ4v) is 7.21. The molecule has 4 aliphatic rings. The van der Waals surface area contributed by atoms with Gasteiger partial charge in [0.25, 0.3) is 0 Å². The molecule has 0 amide bonds. The number of esters is 1. The molecule has 0 bridgehead atoms. The van der Waals surface area contributed by atoms with Crippen molar-refractivity contribution in [2.75, 3.05) is 13.2 Å². The Morgan fingerprint density at radius 2 is 1.88 bits per heavy atom. The predicted molar refractivity (Wildman–Crippen MR) is 102 cm³/mol. The molecule has 7 atom stereocenters. The molecule has 1 heterocycles. The lowest BCUT2D eigenvalue weighted by molar-refractivity contribution is -0.156. The lowest BCUT2D eigenvalue weighted by Gasteiger charge is -2.58. The average Bonchev–Trinajstić information content (AvgIpc) is 2.96. The molecule has 0 N–H and O–H groups in total. The molecule has 0 aromatic heterocycles. The van der Waals surface area contributed by atoms with Crippen LogP contribution in [0.2, 0.25) is 0 Å². The van der Waals surface area contributed by atoms with E-state index in [1.807, 2.05) is 6.92 Å². The summed E-state index contributed by atoms with van der Waals surface area (Å²) in [7, 11) is 0. The van der Waals surface area contributed by atoms with Crippen LogP contribution in [0.4, 0.5) is 0 Å². The van der Waals surface area contributed by atoms with Crippen molar-refractivity contribution >= 4 is 12.2 Å². The molecule has 3 saturated carbocycles. The zero-order valence-electron chi connectivity index (χ0n) is 16.7. The molecule has 146 valence electrons. The highest BCUT2D eigenvalue weighted by Gasteiger charge is 2.60. The van der Waals surface area contributed by atoms with Crippen LogP contribution >= 0.6 is 0 Å². The topological polar surface area (TPSA) is 47.9 Å². The van der Waals surface area contributed by atoms with Crippen molar-refractivity contribution in [1.29, 1.82) is 0 Å². The second kappa shape index (κ2) is 6.92. The molecule has 26 heavy (non-hydrogen) atoms. The van der Waals surface area contributed by atoms with Gasteiger partial charge in [0.15, 0.2) is 0 Å². The number of fused-ring (bicyclic) bond motifs is 5. The van der Waals surface area contributed by atoms with E-state index in [1.165, 1.54) is 38.5 Å². The van der Waals surface area contributed by atoms with Gasteiger partial charge in [-0.05, 0) is 93.1 Å². The van der Waals surface area contributed by atoms with Crippen LogP contribution in [0.25, 0.3) is 0 Å². The van der Waals surface area contributed by atoms with E-state index >= 15 is 0 Å². The molecule has 3 fully saturated rings. The van der Waals surface area contributed by atoms with Gasteiger partial charge in [0.05, 0.1) is 18.8 Å². The van der Waals surface area contributed by atoms with Gasteiger partial charge in [-0.3, -0.25) is 4.99 Å². The maximum absolute atomic E-state index is 11.7. The quantitative estimate of drug-likeness (QED) is 0.697. The van der Waals surface area contributed by atoms with Gasteiger partial charge in [0, 0.05) is 0 Å². The number of hydrogen-bond donors (Lipinski definition) is 0. The SMILES string of the molecule is CCOC(=O)CO[C@H]1CCC2C3CC[C@H]4N=CCC[C@]4(C)C3CC[C@@]21C. The monoisotopic (exact) mass is 361 g/mol. The van der Waals surface area contributed by atoms with Gasteiger partial charge in [-0.2, -0.15) is 0 Å². The zero-order chi connectivity index (χ0) is 18.4. The van der Waals surface area contributed by atoms with Gasteiger partial charge in [0.1, 0.15) is 6.61 Å². The zero-order valence-corrected chi connectivity index (χ0v) is 16.7. The Kier molecular flexibility index (Phi) is 4.92. The van der Waals surface area contributed by atoms with Crippen molar-refractivity contribution in [3.05, 3.63) is 0 Å². The summed E-state index contributed by atoms with van der Waals surface area (Å²) in [5.41, 5.74) is 0.637. The average molecular weight is 362 g/mol. The Balaban J connectivity index is 1.48. The summed E-state index contributed by atoms with van der Waals surface area (Å²) >= 11 is 0. The first kappa shape index (κ1) is 18.5. The lowest BCUT2D eigenvalue weighted by atomic mass is 9.48. The van der Waals surface area contributed by atoms with Crippen LogP contribution < -0.4 is 0 Å². The van der Waals surface area contributed by atoms with Crippen molar-refractivity contribution in [1.82, 2.24) is 0 Å². The van der Waals surface area contributed by atoms with E-state index in [0.717, 1.165) is 30.6 Å². The summed E-state index contributed by atoms with van der Waals surface area (Å²) in [6.07, 6.45) is 12.3. The highest BCUT2D eigenvalue weighted by molar-refractivity contribution is 5.70. The molecular formula is C22H35NO3. The summed E-state index contributed by atoms with van der Waals surface area (Å²) < 4.78 is 11.2. The summed E-state index contributed by atoms with van der Waals surface area (Å²) in [5, 5.41) is 0. The first-order valence-electron chi connectivity index (χ1n) is 10.8. The number of aliphatic imine (C=N–C) groups is 1. The van der Waals surface area contributed by atoms with Crippen LogP contribution in [0.3, 0.4) is 0 Å². The Hall–Kier alpha value is -0.900. The van der Waals surface area contributed by atoms with Gasteiger partial charge in [0.2, 0.25) is 0 Å². The number of nitrogens with zero attached hydrogens (tertiary/aromatic N) is 1. The molecule has 0 aromatic rings. The second-order valence-electron chi connectivity index (χ2n) is 9.57. The molecule has 4 heteroatoms. The summed E-state index contributed by atoms with van der Waals surface area (Å²) in [6.45, 7) is 7.35. The second-order valence-corrected chi connectivity index (χ2v) is 9.57. The minimum absolute atomic E-state index is 0.114. The van der Waals surface area contributed by atoms with Crippen LogP contribution in [0.1, 0.15) is 72.1 Å². The van der Waals surface area contributed by atoms with Crippen molar-refractivity contribution in [3.63, 3.8) is 0 Å². The lowest BCUT2D eigenvalue weighted by Crippen LogP contribution is -2.54. The largest absolute Gasteiger partial charge is 0.464 e. The first-order chi connectivity index (χ1) is 12.5. The third-order valence-electron chi connectivity index (χ3n) is 8.54. The minimum atomic E-state index is -0.221. The number of carbonyl (C=O) groups is 1. The normalized spacial score (nSPS) is 47.0. The van der Waals surface area contributed by atoms with Crippen LogP contribution in [-0.2, 0) is 14.3 Å². The van der Waals surface area contributed by atoms with Gasteiger partial charge in [-0.25, -0.2) is 4.79 Å². The van der Waals surface area contributed by atoms with Crippen molar-refractivity contribution in [3.8, 4) is 0 Å². The highest BCUT2D eigenvalue weighted by atomic mass is 16.6. The van der Waals surface area contributed by atoms with Crippen LogP contribution in [-0.4, -0.2) is 37.5 Å². The van der Waals surface area contributed by atoms with E-state index in [0.29, 0.717) is 18.1 Å². The van der Waals surface area contributed by atoms with Crippen LogP contribution in [0.15, 0.2) is 4.99 Å². The van der Waals surface area contributed by atoms with Gasteiger partial charge < -0.3 is 9.47 Å². The van der Waals surface area contributed by atoms with Crippen molar-refractivity contribution in [2.45, 2.75) is 84.3 Å². The molecule has 0 saturated heterocycles. The maximum Gasteiger partial charge on any atom is 0.332 e. The molecule has 1 aliphatic heterocycles. The Morgan fingerprint density at radius 1 is 1.08 bits per heavy atom. The molecule has 0 radical (unpaired) electrons. The standard InChI is InChI=1S/C22H35NO3/c1-4-25-20(24)14-26-19-9-7-16-15-6-8-18-21(2,11-5-13-23-18)17(15)10-12-22(16,19)3/h13,15-19H,4-12,14H2,1-3H3/t15?,16?,17?,18-,19+,21-,22+/m1/s1. The highest BCUT2D eigenvalue weighted by Crippen LogP contribution is 2.64. The predicted octanol–water partition coefficient (Wildman–Crippen LogP) is 4.41. The van der Waals surface area contributed by atoms with E-state index < -0.39 is 0 Å². The van der Waals surface area contributed by atoms with Gasteiger partial charge in [-0.15, -0.1) is 0 Å². The first-order valence-corrected chi connectivity index (χ1v) is 10.8. The number of carbonyl (C=O) groups excluding carboxylic acids is 1. The summed E-state index contributed by atoms with van der Waals surface area (Å²) in [5.74, 6) is 2.17. The van der Waals surface area contributed by atoms with E-state index in [-0.39, 0.29) is 24.1 Å².